The third-order valence-electron chi connectivity index (χ3n) is 8.10. The van der Waals surface area contributed by atoms with Crippen LogP contribution in [0.2, 0.25) is 0 Å². The van der Waals surface area contributed by atoms with Gasteiger partial charge in [-0.3, -0.25) is 14.9 Å². The number of carboxylic acid groups (broad SMARTS) is 1. The van der Waals surface area contributed by atoms with Crippen LogP contribution in [-0.4, -0.2) is 103 Å². The number of urea groups is 1. The van der Waals surface area contributed by atoms with Crippen LogP contribution in [0.25, 0.3) is 0 Å². The van der Waals surface area contributed by atoms with E-state index in [1.807, 2.05) is 6.92 Å². The lowest BCUT2D eigenvalue weighted by Crippen LogP contribution is -2.63. The van der Waals surface area contributed by atoms with Gasteiger partial charge in [-0.2, -0.15) is 0 Å². The molecule has 14 nitrogen and oxygen atoms in total. The number of rotatable bonds is 9. The Morgan fingerprint density at radius 2 is 1.98 bits per heavy atom. The number of nitro groups is 1. The highest BCUT2D eigenvalue weighted by molar-refractivity contribution is 8.03. The van der Waals surface area contributed by atoms with Crippen molar-refractivity contribution in [3.05, 3.63) is 50.5 Å². The van der Waals surface area contributed by atoms with Crippen LogP contribution in [-0.2, 0) is 20.9 Å². The number of fused-ring (bicyclic) bond motifs is 1. The number of carbonyl (C=O) groups excluding carboxylic acids is 3. The van der Waals surface area contributed by atoms with Crippen LogP contribution in [0.5, 0.6) is 0 Å². The summed E-state index contributed by atoms with van der Waals surface area (Å²) in [6.07, 6.45) is -1.06. The van der Waals surface area contributed by atoms with Gasteiger partial charge in [-0.05, 0) is 31.0 Å². The Labute approximate surface area is 239 Å². The van der Waals surface area contributed by atoms with E-state index in [0.717, 1.165) is 0 Å². The summed E-state index contributed by atoms with van der Waals surface area (Å²) in [4.78, 5) is 65.7. The molecule has 15 heteroatoms. The van der Waals surface area contributed by atoms with Gasteiger partial charge >= 0.3 is 18.1 Å². The standard InChI is InChI=1S/C26H31N5O9S/c1-13-20-19(14(2)32)23(33)30(20)21(24(34)35)22(13)41-18-9-17(10-28-8-7-27-25(28)36)29(11-18)26(37)40-12-15-3-5-16(6-4-15)31(38)39/h3-6,13-14,17-20,32H,7-12H2,1-2H3,(H,27,36)(H,34,35)/t13-,14-,17+,18+,19-,20-/m1/s1. The number of aliphatic carboxylic acids is 1. The van der Waals surface area contributed by atoms with E-state index in [9.17, 15) is 39.5 Å². The van der Waals surface area contributed by atoms with Gasteiger partial charge in [0, 0.05) is 54.4 Å². The smallest absolute Gasteiger partial charge is 0.410 e. The van der Waals surface area contributed by atoms with Gasteiger partial charge < -0.3 is 35.0 Å². The minimum Gasteiger partial charge on any atom is -0.477 e. The molecule has 0 aromatic heterocycles. The number of likely N-dealkylation sites (tertiary alicyclic amines) is 1. The van der Waals surface area contributed by atoms with Crippen molar-refractivity contribution in [2.75, 3.05) is 26.2 Å². The van der Waals surface area contributed by atoms with Crippen molar-refractivity contribution in [1.29, 1.82) is 0 Å². The normalized spacial score (nSPS) is 28.0. The molecule has 4 aliphatic heterocycles. The van der Waals surface area contributed by atoms with Gasteiger partial charge in [0.05, 0.1) is 29.0 Å². The fourth-order valence-corrected chi connectivity index (χ4v) is 7.66. The summed E-state index contributed by atoms with van der Waals surface area (Å²) in [6.45, 7) is 4.75. The summed E-state index contributed by atoms with van der Waals surface area (Å²) < 4.78 is 5.53. The van der Waals surface area contributed by atoms with E-state index in [1.165, 1.54) is 52.8 Å². The third-order valence-corrected chi connectivity index (χ3v) is 9.60. The molecule has 220 valence electrons. The van der Waals surface area contributed by atoms with E-state index >= 15 is 0 Å². The highest BCUT2D eigenvalue weighted by Gasteiger charge is 2.60. The van der Waals surface area contributed by atoms with Gasteiger partial charge in [0.25, 0.3) is 5.69 Å². The molecular weight excluding hydrogens is 558 g/mol. The monoisotopic (exact) mass is 589 g/mol. The summed E-state index contributed by atoms with van der Waals surface area (Å²) in [6, 6.07) is 4.60. The van der Waals surface area contributed by atoms with Crippen molar-refractivity contribution in [3.8, 4) is 0 Å². The molecule has 0 aliphatic carbocycles. The molecule has 1 aromatic carbocycles. The fraction of sp³-hybridized carbons (Fsp3) is 0.538. The van der Waals surface area contributed by atoms with Crippen LogP contribution in [0, 0.1) is 22.0 Å². The highest BCUT2D eigenvalue weighted by atomic mass is 32.2. The minimum absolute atomic E-state index is 0.0779. The summed E-state index contributed by atoms with van der Waals surface area (Å²) in [5.41, 5.74) is 0.414. The number of carbonyl (C=O) groups is 4. The largest absolute Gasteiger partial charge is 0.477 e. The van der Waals surface area contributed by atoms with Crippen LogP contribution in [0.15, 0.2) is 34.9 Å². The van der Waals surface area contributed by atoms with E-state index in [4.69, 9.17) is 4.74 Å². The molecular formula is C26H31N5O9S. The van der Waals surface area contributed by atoms with Gasteiger partial charge in [-0.1, -0.05) is 6.92 Å². The number of thioether (sulfide) groups is 1. The molecule has 4 aliphatic rings. The lowest BCUT2D eigenvalue weighted by atomic mass is 9.79. The van der Waals surface area contributed by atoms with Crippen LogP contribution in [0.4, 0.5) is 15.3 Å². The van der Waals surface area contributed by atoms with Crippen LogP contribution in [0.1, 0.15) is 25.8 Å². The number of β-lactam (4-membered cyclic amide) rings is 1. The third kappa shape index (κ3) is 5.30. The maximum atomic E-state index is 13.2. The second kappa shape index (κ2) is 11.2. The molecule has 0 saturated carbocycles. The molecule has 3 N–H and O–H groups in total. The minimum atomic E-state index is -1.22. The molecule has 0 unspecified atom stereocenters. The SMILES string of the molecule is C[C@@H](O)[C@H]1C(=O)N2C(C(=O)O)=C(S[C@H]3C[C@@H](CN4CCNC4=O)N(C(=O)OCc4ccc([N+](=O)[O-])cc4)C3)[C@H](C)[C@H]12. The van der Waals surface area contributed by atoms with Gasteiger partial charge in [-0.15, -0.1) is 11.8 Å². The summed E-state index contributed by atoms with van der Waals surface area (Å²) >= 11 is 1.32. The number of aliphatic hydroxyl groups excluding tert-OH is 1. The van der Waals surface area contributed by atoms with Gasteiger partial charge in [-0.25, -0.2) is 14.4 Å². The van der Waals surface area contributed by atoms with Crippen molar-refractivity contribution in [2.45, 2.75) is 50.3 Å². The van der Waals surface area contributed by atoms with Gasteiger partial charge in [0.1, 0.15) is 12.3 Å². The van der Waals surface area contributed by atoms with Crippen LogP contribution < -0.4 is 5.32 Å². The Morgan fingerprint density at radius 1 is 1.27 bits per heavy atom. The van der Waals surface area contributed by atoms with E-state index in [2.05, 4.69) is 5.32 Å². The number of nitro benzene ring substituents is 1. The van der Waals surface area contributed by atoms with Crippen molar-refractivity contribution in [2.24, 2.45) is 11.8 Å². The number of hydrogen-bond acceptors (Lipinski definition) is 9. The lowest BCUT2D eigenvalue weighted by molar-refractivity contribution is -0.384. The number of non-ortho nitro benzene ring substituents is 1. The number of aliphatic hydroxyl groups is 1. The van der Waals surface area contributed by atoms with Crippen molar-refractivity contribution in [1.82, 2.24) is 20.0 Å². The number of nitrogens with zero attached hydrogens (tertiary/aromatic N) is 4. The molecule has 0 spiro atoms. The zero-order chi connectivity index (χ0) is 29.6. The summed E-state index contributed by atoms with van der Waals surface area (Å²) in [5.74, 6) is -2.62. The molecule has 5 rings (SSSR count). The number of nitrogens with one attached hydrogen (secondary N) is 1. The molecule has 4 heterocycles. The molecule has 3 fully saturated rings. The van der Waals surface area contributed by atoms with E-state index in [-0.39, 0.29) is 48.3 Å². The Bertz CT molecular complexity index is 1300. The summed E-state index contributed by atoms with van der Waals surface area (Å²) in [5, 5.41) is 33.5. The first kappa shape index (κ1) is 28.7. The first-order chi connectivity index (χ1) is 19.5. The Hall–Kier alpha value is -3.85. The zero-order valence-corrected chi connectivity index (χ0v) is 23.3. The zero-order valence-electron chi connectivity index (χ0n) is 22.5. The maximum absolute atomic E-state index is 13.2. The Morgan fingerprint density at radius 3 is 2.56 bits per heavy atom. The van der Waals surface area contributed by atoms with Crippen molar-refractivity contribution >= 4 is 41.5 Å². The average Bonchev–Trinajstić information content (AvgIpc) is 3.58. The number of hydrogen-bond donors (Lipinski definition) is 3. The Kier molecular flexibility index (Phi) is 7.83. The van der Waals surface area contributed by atoms with Crippen molar-refractivity contribution in [3.63, 3.8) is 0 Å². The second-order valence-electron chi connectivity index (χ2n) is 10.7. The molecule has 4 amide bonds. The molecule has 41 heavy (non-hydrogen) atoms. The predicted molar refractivity (Wildman–Crippen MR) is 144 cm³/mol. The highest BCUT2D eigenvalue weighted by Crippen LogP contribution is 2.52. The second-order valence-corrected chi connectivity index (χ2v) is 12.1. The van der Waals surface area contributed by atoms with E-state index in [0.29, 0.717) is 30.0 Å². The predicted octanol–water partition coefficient (Wildman–Crippen LogP) is 1.59. The van der Waals surface area contributed by atoms with Crippen LogP contribution >= 0.6 is 11.8 Å². The Balaban J connectivity index is 1.32. The first-order valence-electron chi connectivity index (χ1n) is 13.3. The topological polar surface area (TPSA) is 183 Å². The lowest BCUT2D eigenvalue weighted by Gasteiger charge is -2.46. The maximum Gasteiger partial charge on any atom is 0.410 e. The molecule has 0 bridgehead atoms. The van der Waals surface area contributed by atoms with E-state index in [1.54, 1.807) is 4.90 Å². The number of carboxylic acids is 1. The fourth-order valence-electron chi connectivity index (χ4n) is 6.10. The number of ether oxygens (including phenoxy) is 1. The number of amides is 4. The van der Waals surface area contributed by atoms with Crippen molar-refractivity contribution < 1.29 is 39.1 Å². The van der Waals surface area contributed by atoms with Crippen LogP contribution in [0.3, 0.4) is 0 Å². The number of benzene rings is 1. The molecule has 1 aromatic rings. The molecule has 6 atom stereocenters. The quantitative estimate of drug-likeness (QED) is 0.217. The van der Waals surface area contributed by atoms with Gasteiger partial charge in [0.15, 0.2) is 0 Å². The van der Waals surface area contributed by atoms with Gasteiger partial charge in [0.2, 0.25) is 5.91 Å². The van der Waals surface area contributed by atoms with E-state index < -0.39 is 47.0 Å². The summed E-state index contributed by atoms with van der Waals surface area (Å²) in [7, 11) is 0. The average molecular weight is 590 g/mol. The molecule has 3 saturated heterocycles. The first-order valence-corrected chi connectivity index (χ1v) is 14.2. The molecule has 0 radical (unpaired) electrons.